The zero-order valence-electron chi connectivity index (χ0n) is 18.9. The summed E-state index contributed by atoms with van der Waals surface area (Å²) < 4.78 is 0. The largest absolute Gasteiger partial charge is 0.347 e. The maximum Gasteiger partial charge on any atom is 0.331 e. The number of urea groups is 1. The lowest BCUT2D eigenvalue weighted by Gasteiger charge is -2.30. The molecule has 1 saturated carbocycles. The average molecular weight is 485 g/mol. The first-order valence-electron chi connectivity index (χ1n) is 11.7. The van der Waals surface area contributed by atoms with Crippen LogP contribution in [0.1, 0.15) is 35.4 Å². The van der Waals surface area contributed by atoms with E-state index in [9.17, 15) is 9.59 Å². The Hall–Kier alpha value is -3.82. The van der Waals surface area contributed by atoms with Gasteiger partial charge in [0.2, 0.25) is 0 Å². The van der Waals surface area contributed by atoms with Gasteiger partial charge in [-0.25, -0.2) is 9.78 Å². The highest BCUT2D eigenvalue weighted by Gasteiger charge is 2.34. The predicted molar refractivity (Wildman–Crippen MR) is 138 cm³/mol. The van der Waals surface area contributed by atoms with Crippen LogP contribution in [-0.4, -0.2) is 34.0 Å². The summed E-state index contributed by atoms with van der Waals surface area (Å²) in [6, 6.07) is 14.9. The van der Waals surface area contributed by atoms with E-state index in [1.165, 1.54) is 11.3 Å². The van der Waals surface area contributed by atoms with Gasteiger partial charge < -0.3 is 16.4 Å². The molecule has 176 valence electrons. The van der Waals surface area contributed by atoms with Gasteiger partial charge in [-0.15, -0.1) is 11.3 Å². The lowest BCUT2D eigenvalue weighted by Crippen LogP contribution is -2.49. The Morgan fingerprint density at radius 3 is 2.71 bits per heavy atom. The fourth-order valence-corrected chi connectivity index (χ4v) is 5.92. The fraction of sp³-hybridized carbons (Fsp3) is 0.231. The first-order valence-corrected chi connectivity index (χ1v) is 12.5. The number of thiophene rings is 1. The molecule has 2 atom stereocenters. The van der Waals surface area contributed by atoms with E-state index in [2.05, 4.69) is 20.6 Å². The molecule has 0 spiro atoms. The molecule has 1 fully saturated rings. The Kier molecular flexibility index (Phi) is 5.43. The number of nitrogens with one attached hydrogen (secondary N) is 2. The quantitative estimate of drug-likeness (QED) is 0.375. The van der Waals surface area contributed by atoms with Crippen LogP contribution in [0, 0.1) is 0 Å². The van der Waals surface area contributed by atoms with E-state index in [1.807, 2.05) is 36.4 Å². The van der Waals surface area contributed by atoms with Crippen LogP contribution in [0.2, 0.25) is 0 Å². The second-order valence-electron chi connectivity index (χ2n) is 8.88. The van der Waals surface area contributed by atoms with Gasteiger partial charge in [-0.3, -0.25) is 14.7 Å². The molecule has 2 unspecified atom stereocenters. The van der Waals surface area contributed by atoms with Crippen molar-refractivity contribution in [2.75, 3.05) is 10.2 Å². The zero-order chi connectivity index (χ0) is 23.9. The number of aromatic nitrogens is 2. The van der Waals surface area contributed by atoms with Gasteiger partial charge in [-0.1, -0.05) is 43.2 Å². The third-order valence-corrected chi connectivity index (χ3v) is 7.76. The molecule has 1 aliphatic carbocycles. The van der Waals surface area contributed by atoms with Crippen molar-refractivity contribution in [2.24, 2.45) is 5.73 Å². The molecule has 35 heavy (non-hydrogen) atoms. The van der Waals surface area contributed by atoms with Crippen molar-refractivity contribution < 1.29 is 9.59 Å². The summed E-state index contributed by atoms with van der Waals surface area (Å²) in [5, 5.41) is 6.81. The van der Waals surface area contributed by atoms with Crippen molar-refractivity contribution in [2.45, 2.75) is 37.8 Å². The summed E-state index contributed by atoms with van der Waals surface area (Å²) >= 11 is 1.28. The molecule has 9 heteroatoms. The molecule has 4 N–H and O–H groups in total. The molecular formula is C26H24N6O2S. The van der Waals surface area contributed by atoms with Crippen molar-refractivity contribution in [3.05, 3.63) is 65.8 Å². The second kappa shape index (κ2) is 8.75. The first-order chi connectivity index (χ1) is 17.1. The number of rotatable bonds is 4. The molecule has 8 nitrogen and oxygen atoms in total. The monoisotopic (exact) mass is 484 g/mol. The molecule has 4 heterocycles. The van der Waals surface area contributed by atoms with Crippen LogP contribution in [0.3, 0.4) is 0 Å². The van der Waals surface area contributed by atoms with Crippen LogP contribution in [0.4, 0.5) is 21.9 Å². The third kappa shape index (κ3) is 3.82. The highest BCUT2D eigenvalue weighted by Crippen LogP contribution is 2.46. The number of benzene rings is 1. The number of amides is 3. The topological polar surface area (TPSA) is 113 Å². The second-order valence-corrected chi connectivity index (χ2v) is 9.87. The molecule has 2 aliphatic rings. The van der Waals surface area contributed by atoms with E-state index >= 15 is 0 Å². The zero-order valence-corrected chi connectivity index (χ0v) is 19.7. The van der Waals surface area contributed by atoms with Gasteiger partial charge in [0.15, 0.2) is 0 Å². The molecule has 0 bridgehead atoms. The van der Waals surface area contributed by atoms with Crippen LogP contribution in [-0.2, 0) is 0 Å². The van der Waals surface area contributed by atoms with Crippen LogP contribution in [0.25, 0.3) is 21.5 Å². The number of nitrogens with two attached hydrogens (primary N) is 1. The van der Waals surface area contributed by atoms with Crippen LogP contribution >= 0.6 is 11.3 Å². The van der Waals surface area contributed by atoms with E-state index in [-0.39, 0.29) is 24.0 Å². The van der Waals surface area contributed by atoms with Crippen molar-refractivity contribution in [1.82, 2.24) is 15.3 Å². The standard InChI is InChI=1S/C26H24N6O2S/c27-17-8-4-5-9-18(17)30-24(33)23-22-21-20(11-13-29-25(21)35-23)32(26(34)31-22)16-10-12-28-19(14-16)15-6-2-1-3-7-15/h1-3,6-7,10-14,17-18H,4-5,8-9,27H2,(H,30,33)(H,31,34). The highest BCUT2D eigenvalue weighted by molar-refractivity contribution is 7.21. The molecule has 3 aromatic heterocycles. The lowest BCUT2D eigenvalue weighted by atomic mass is 9.91. The Balaban J connectivity index is 1.39. The number of carbonyl (C=O) groups is 2. The molecular weight excluding hydrogens is 460 g/mol. The van der Waals surface area contributed by atoms with E-state index < -0.39 is 0 Å². The number of hydrogen-bond acceptors (Lipinski definition) is 6. The minimum atomic E-state index is -0.336. The van der Waals surface area contributed by atoms with Gasteiger partial charge in [-0.05, 0) is 31.0 Å². The SMILES string of the molecule is NC1CCCCC1NC(=O)c1sc2nccc3c2c1NC(=O)N3c1ccnc(-c2ccccc2)c1. The Morgan fingerprint density at radius 2 is 1.89 bits per heavy atom. The average Bonchev–Trinajstić information content (AvgIpc) is 3.26. The summed E-state index contributed by atoms with van der Waals surface area (Å²) in [6.45, 7) is 0. The van der Waals surface area contributed by atoms with Gasteiger partial charge in [-0.2, -0.15) is 0 Å². The summed E-state index contributed by atoms with van der Waals surface area (Å²) in [4.78, 5) is 38.4. The van der Waals surface area contributed by atoms with Gasteiger partial charge in [0.1, 0.15) is 9.71 Å². The van der Waals surface area contributed by atoms with Crippen molar-refractivity contribution >= 4 is 50.6 Å². The normalized spacial score (nSPS) is 19.5. The van der Waals surface area contributed by atoms with Crippen molar-refractivity contribution in [3.63, 3.8) is 0 Å². The Morgan fingerprint density at radius 1 is 1.09 bits per heavy atom. The Bertz CT molecular complexity index is 1440. The van der Waals surface area contributed by atoms with Crippen molar-refractivity contribution in [3.8, 4) is 11.3 Å². The summed E-state index contributed by atoms with van der Waals surface area (Å²) in [7, 11) is 0. The summed E-state index contributed by atoms with van der Waals surface area (Å²) in [5.41, 5.74) is 9.84. The predicted octanol–water partition coefficient (Wildman–Crippen LogP) is 5.04. The van der Waals surface area contributed by atoms with E-state index in [4.69, 9.17) is 5.73 Å². The molecule has 0 saturated heterocycles. The molecule has 1 aromatic carbocycles. The molecule has 4 aromatic rings. The number of anilines is 3. The molecule has 0 radical (unpaired) electrons. The lowest BCUT2D eigenvalue weighted by molar-refractivity contribution is 0.0926. The smallest absolute Gasteiger partial charge is 0.331 e. The van der Waals surface area contributed by atoms with Crippen LogP contribution in [0.15, 0.2) is 60.9 Å². The van der Waals surface area contributed by atoms with Crippen LogP contribution < -0.4 is 21.3 Å². The Labute approximate surface area is 206 Å². The summed E-state index contributed by atoms with van der Waals surface area (Å²) in [6.07, 6.45) is 7.26. The molecule has 3 amide bonds. The first kappa shape index (κ1) is 21.7. The van der Waals surface area contributed by atoms with E-state index in [1.54, 1.807) is 29.4 Å². The third-order valence-electron chi connectivity index (χ3n) is 6.66. The highest BCUT2D eigenvalue weighted by atomic mass is 32.1. The fourth-order valence-electron chi connectivity index (χ4n) is 4.90. The minimum Gasteiger partial charge on any atom is -0.347 e. The number of hydrogen-bond donors (Lipinski definition) is 3. The van der Waals surface area contributed by atoms with Gasteiger partial charge in [0.05, 0.1) is 28.1 Å². The number of carbonyl (C=O) groups excluding carboxylic acids is 2. The minimum absolute atomic E-state index is 0.0531. The number of nitrogens with zero attached hydrogens (tertiary/aromatic N) is 3. The van der Waals surface area contributed by atoms with E-state index in [0.29, 0.717) is 26.8 Å². The maximum absolute atomic E-state index is 13.4. The van der Waals surface area contributed by atoms with Gasteiger partial charge in [0.25, 0.3) is 5.91 Å². The van der Waals surface area contributed by atoms with Gasteiger partial charge in [0, 0.05) is 30.0 Å². The molecule has 6 rings (SSSR count). The van der Waals surface area contributed by atoms with Crippen LogP contribution in [0.5, 0.6) is 0 Å². The maximum atomic E-state index is 13.4. The van der Waals surface area contributed by atoms with Crippen molar-refractivity contribution in [1.29, 1.82) is 0 Å². The van der Waals surface area contributed by atoms with E-state index in [0.717, 1.165) is 42.3 Å². The van der Waals surface area contributed by atoms with Gasteiger partial charge >= 0.3 is 6.03 Å². The number of pyridine rings is 2. The molecule has 1 aliphatic heterocycles. The summed E-state index contributed by atoms with van der Waals surface area (Å²) in [5.74, 6) is -0.222.